The van der Waals surface area contributed by atoms with Crippen molar-refractivity contribution >= 4 is 15.9 Å². The van der Waals surface area contributed by atoms with Gasteiger partial charge in [-0.25, -0.2) is 0 Å². The normalized spacial score (nSPS) is 22.5. The standard InChI is InChI=1S/C12H17BrO3/c13-12-7-6-11(16-12)10(14)5-1-3-9-4-2-8-15-9/h6-7,9-10,14H,1-5,8H2. The number of hydrogen-bond acceptors (Lipinski definition) is 3. The smallest absolute Gasteiger partial charge is 0.169 e. The van der Waals surface area contributed by atoms with E-state index in [1.807, 2.05) is 0 Å². The minimum Gasteiger partial charge on any atom is -0.452 e. The molecule has 1 fully saturated rings. The molecule has 0 spiro atoms. The van der Waals surface area contributed by atoms with Crippen LogP contribution in [0.4, 0.5) is 0 Å². The lowest BCUT2D eigenvalue weighted by molar-refractivity contribution is 0.0906. The molecule has 2 unspecified atom stereocenters. The lowest BCUT2D eigenvalue weighted by Gasteiger charge is -2.11. The van der Waals surface area contributed by atoms with Crippen molar-refractivity contribution in [2.24, 2.45) is 0 Å². The number of hydrogen-bond donors (Lipinski definition) is 1. The number of halogens is 1. The Bertz CT molecular complexity index is 318. The zero-order chi connectivity index (χ0) is 11.4. The maximum absolute atomic E-state index is 9.85. The minimum absolute atomic E-state index is 0.413. The van der Waals surface area contributed by atoms with E-state index < -0.39 is 6.10 Å². The molecule has 1 saturated heterocycles. The summed E-state index contributed by atoms with van der Waals surface area (Å²) in [5, 5.41) is 9.85. The summed E-state index contributed by atoms with van der Waals surface area (Å²) in [7, 11) is 0. The van der Waals surface area contributed by atoms with Gasteiger partial charge in [-0.2, -0.15) is 0 Å². The highest BCUT2D eigenvalue weighted by Gasteiger charge is 2.17. The molecule has 2 heterocycles. The van der Waals surface area contributed by atoms with Gasteiger partial charge in [0.1, 0.15) is 11.9 Å². The van der Waals surface area contributed by atoms with Crippen LogP contribution in [0.5, 0.6) is 0 Å². The van der Waals surface area contributed by atoms with Gasteiger partial charge < -0.3 is 14.3 Å². The van der Waals surface area contributed by atoms with Gasteiger partial charge in [-0.1, -0.05) is 0 Å². The molecule has 2 rings (SSSR count). The Morgan fingerprint density at radius 2 is 2.38 bits per heavy atom. The molecule has 1 aromatic heterocycles. The first-order valence-electron chi connectivity index (χ1n) is 5.80. The van der Waals surface area contributed by atoms with Gasteiger partial charge in [-0.05, 0) is 60.2 Å². The Labute approximate surface area is 104 Å². The van der Waals surface area contributed by atoms with E-state index in [1.165, 1.54) is 12.8 Å². The zero-order valence-electron chi connectivity index (χ0n) is 9.19. The van der Waals surface area contributed by atoms with E-state index >= 15 is 0 Å². The molecule has 90 valence electrons. The molecule has 0 aromatic carbocycles. The average Bonchev–Trinajstić information content (AvgIpc) is 2.89. The summed E-state index contributed by atoms with van der Waals surface area (Å²) in [4.78, 5) is 0. The third kappa shape index (κ3) is 3.34. The Balaban J connectivity index is 1.69. The first-order chi connectivity index (χ1) is 7.75. The molecule has 0 saturated carbocycles. The van der Waals surface area contributed by atoms with Crippen molar-refractivity contribution in [2.75, 3.05) is 6.61 Å². The molecular formula is C12H17BrO3. The first kappa shape index (κ1) is 12.1. The van der Waals surface area contributed by atoms with Crippen molar-refractivity contribution in [1.82, 2.24) is 0 Å². The van der Waals surface area contributed by atoms with Gasteiger partial charge in [0.15, 0.2) is 4.67 Å². The van der Waals surface area contributed by atoms with E-state index in [9.17, 15) is 5.11 Å². The lowest BCUT2D eigenvalue weighted by atomic mass is 10.1. The summed E-state index contributed by atoms with van der Waals surface area (Å²) in [6.45, 7) is 0.901. The van der Waals surface area contributed by atoms with Crippen LogP contribution in [0.3, 0.4) is 0 Å². The van der Waals surface area contributed by atoms with Crippen molar-refractivity contribution < 1.29 is 14.3 Å². The van der Waals surface area contributed by atoms with Gasteiger partial charge in [-0.15, -0.1) is 0 Å². The van der Waals surface area contributed by atoms with Gasteiger partial charge in [0.05, 0.1) is 6.10 Å². The maximum atomic E-state index is 9.85. The third-order valence-corrected chi connectivity index (χ3v) is 3.38. The van der Waals surface area contributed by atoms with Gasteiger partial charge in [0.2, 0.25) is 0 Å². The lowest BCUT2D eigenvalue weighted by Crippen LogP contribution is -2.05. The fraction of sp³-hybridized carbons (Fsp3) is 0.667. The largest absolute Gasteiger partial charge is 0.452 e. The molecule has 0 amide bonds. The van der Waals surface area contributed by atoms with Crippen LogP contribution < -0.4 is 0 Å². The molecule has 4 heteroatoms. The van der Waals surface area contributed by atoms with Crippen LogP contribution in [0.25, 0.3) is 0 Å². The molecule has 0 bridgehead atoms. The predicted molar refractivity (Wildman–Crippen MR) is 64.2 cm³/mol. The topological polar surface area (TPSA) is 42.6 Å². The summed E-state index contributed by atoms with van der Waals surface area (Å²) in [5.41, 5.74) is 0. The third-order valence-electron chi connectivity index (χ3n) is 2.95. The first-order valence-corrected chi connectivity index (χ1v) is 6.60. The minimum atomic E-state index is -0.493. The van der Waals surface area contributed by atoms with E-state index in [-0.39, 0.29) is 0 Å². The molecule has 1 aliphatic rings. The molecular weight excluding hydrogens is 272 g/mol. The van der Waals surface area contributed by atoms with Gasteiger partial charge in [0, 0.05) is 6.61 Å². The van der Waals surface area contributed by atoms with Gasteiger partial charge in [-0.3, -0.25) is 0 Å². The number of aliphatic hydroxyl groups excluding tert-OH is 1. The molecule has 0 radical (unpaired) electrons. The van der Waals surface area contributed by atoms with Crippen molar-refractivity contribution in [3.8, 4) is 0 Å². The van der Waals surface area contributed by atoms with Crippen LogP contribution in [0.2, 0.25) is 0 Å². The van der Waals surface area contributed by atoms with E-state index in [0.717, 1.165) is 25.9 Å². The van der Waals surface area contributed by atoms with Gasteiger partial charge in [0.25, 0.3) is 0 Å². The second-order valence-electron chi connectivity index (χ2n) is 4.22. The highest BCUT2D eigenvalue weighted by atomic mass is 79.9. The van der Waals surface area contributed by atoms with E-state index in [4.69, 9.17) is 9.15 Å². The summed E-state index contributed by atoms with van der Waals surface area (Å²) < 4.78 is 11.5. The molecule has 16 heavy (non-hydrogen) atoms. The molecule has 2 atom stereocenters. The van der Waals surface area contributed by atoms with Crippen LogP contribution in [0.1, 0.15) is 44.0 Å². The quantitative estimate of drug-likeness (QED) is 0.903. The summed E-state index contributed by atoms with van der Waals surface area (Å²) in [6, 6.07) is 3.61. The van der Waals surface area contributed by atoms with Crippen LogP contribution in [-0.2, 0) is 4.74 Å². The van der Waals surface area contributed by atoms with E-state index in [2.05, 4.69) is 15.9 Å². The number of rotatable bonds is 5. The van der Waals surface area contributed by atoms with Crippen molar-refractivity contribution in [3.05, 3.63) is 22.6 Å². The summed E-state index contributed by atoms with van der Waals surface area (Å²) in [6.07, 6.45) is 5.02. The number of furan rings is 1. The molecule has 3 nitrogen and oxygen atoms in total. The molecule has 0 aliphatic carbocycles. The highest BCUT2D eigenvalue weighted by molar-refractivity contribution is 9.10. The van der Waals surface area contributed by atoms with Crippen LogP contribution in [0, 0.1) is 0 Å². The van der Waals surface area contributed by atoms with Crippen molar-refractivity contribution in [2.45, 2.75) is 44.3 Å². The highest BCUT2D eigenvalue weighted by Crippen LogP contribution is 2.25. The molecule has 1 aromatic rings. The Morgan fingerprint density at radius 3 is 3.00 bits per heavy atom. The van der Waals surface area contributed by atoms with Gasteiger partial charge >= 0.3 is 0 Å². The maximum Gasteiger partial charge on any atom is 0.169 e. The van der Waals surface area contributed by atoms with Crippen LogP contribution >= 0.6 is 15.9 Å². The van der Waals surface area contributed by atoms with Crippen LogP contribution in [0.15, 0.2) is 21.2 Å². The monoisotopic (exact) mass is 288 g/mol. The Kier molecular flexibility index (Phi) is 4.44. The summed E-state index contributed by atoms with van der Waals surface area (Å²) >= 11 is 3.22. The second kappa shape index (κ2) is 5.84. The Hall–Kier alpha value is -0.320. The van der Waals surface area contributed by atoms with Crippen LogP contribution in [-0.4, -0.2) is 17.8 Å². The van der Waals surface area contributed by atoms with E-state index in [1.54, 1.807) is 12.1 Å². The number of ether oxygens (including phenoxy) is 1. The second-order valence-corrected chi connectivity index (χ2v) is 5.01. The average molecular weight is 289 g/mol. The molecule has 1 N–H and O–H groups in total. The predicted octanol–water partition coefficient (Wildman–Crippen LogP) is 3.42. The fourth-order valence-corrected chi connectivity index (χ4v) is 2.38. The fourth-order valence-electron chi connectivity index (χ4n) is 2.06. The SMILES string of the molecule is OC(CCCC1CCCO1)c1ccc(Br)o1. The Morgan fingerprint density at radius 1 is 1.50 bits per heavy atom. The zero-order valence-corrected chi connectivity index (χ0v) is 10.8. The molecule has 1 aliphatic heterocycles. The van der Waals surface area contributed by atoms with Crippen molar-refractivity contribution in [3.63, 3.8) is 0 Å². The summed E-state index contributed by atoms with van der Waals surface area (Å²) in [5.74, 6) is 0.638. The van der Waals surface area contributed by atoms with E-state index in [0.29, 0.717) is 16.5 Å². The van der Waals surface area contributed by atoms with Crippen molar-refractivity contribution in [1.29, 1.82) is 0 Å². The number of aliphatic hydroxyl groups is 1.